The molecular weight excluding hydrogens is 523 g/mol. The smallest absolute Gasteiger partial charge is 0.191 e. The van der Waals surface area contributed by atoms with Gasteiger partial charge in [0.2, 0.25) is 0 Å². The molecule has 3 aromatic rings. The fourth-order valence-corrected chi connectivity index (χ4v) is 3.55. The molecule has 1 heterocycles. The van der Waals surface area contributed by atoms with E-state index in [9.17, 15) is 0 Å². The summed E-state index contributed by atoms with van der Waals surface area (Å²) in [7, 11) is 2.18. The van der Waals surface area contributed by atoms with Gasteiger partial charge in [0.15, 0.2) is 5.96 Å². The van der Waals surface area contributed by atoms with Crippen LogP contribution in [0.3, 0.4) is 0 Å². The van der Waals surface area contributed by atoms with Gasteiger partial charge in [-0.15, -0.1) is 24.0 Å². The standard InChI is InChI=1S/C26H36N6.HI/c1-4-27-26(29-16-15-22(2)31(3)20-23-11-7-5-8-12-23)30-19-25-28-17-18-32(25)21-24-13-9-6-10-14-24;/h5-14,17-18,22H,4,15-16,19-21H2,1-3H3,(H2,27,29,30);1H. The number of benzene rings is 2. The van der Waals surface area contributed by atoms with Gasteiger partial charge in [-0.05, 0) is 38.4 Å². The number of aromatic nitrogens is 2. The molecule has 1 aromatic heterocycles. The monoisotopic (exact) mass is 560 g/mol. The van der Waals surface area contributed by atoms with E-state index in [1.165, 1.54) is 11.1 Å². The summed E-state index contributed by atoms with van der Waals surface area (Å²) in [6.45, 7) is 8.36. The summed E-state index contributed by atoms with van der Waals surface area (Å²) in [5, 5.41) is 6.82. The molecule has 0 spiro atoms. The second kappa shape index (κ2) is 14.7. The molecule has 0 aliphatic rings. The average Bonchev–Trinajstić information content (AvgIpc) is 3.25. The molecule has 1 unspecified atom stereocenters. The van der Waals surface area contributed by atoms with Crippen LogP contribution in [0.5, 0.6) is 0 Å². The Morgan fingerprint density at radius 3 is 2.36 bits per heavy atom. The SMILES string of the molecule is CCNC(=NCc1nccn1Cc1ccccc1)NCCC(C)N(C)Cc1ccccc1.I. The van der Waals surface area contributed by atoms with Gasteiger partial charge in [0.05, 0.1) is 0 Å². The molecule has 0 radical (unpaired) electrons. The third-order valence-electron chi connectivity index (χ3n) is 5.60. The molecule has 2 aromatic carbocycles. The van der Waals surface area contributed by atoms with Crippen LogP contribution in [0.2, 0.25) is 0 Å². The van der Waals surface area contributed by atoms with Gasteiger partial charge in [-0.3, -0.25) is 4.90 Å². The van der Waals surface area contributed by atoms with Gasteiger partial charge in [-0.25, -0.2) is 9.98 Å². The quantitative estimate of drug-likeness (QED) is 0.206. The number of nitrogens with one attached hydrogen (secondary N) is 2. The minimum absolute atomic E-state index is 0. The van der Waals surface area contributed by atoms with Crippen LogP contribution < -0.4 is 10.6 Å². The molecular formula is C26H37IN6. The maximum atomic E-state index is 4.77. The number of aliphatic imine (C=N–C) groups is 1. The Kier molecular flexibility index (Phi) is 12.0. The second-order valence-electron chi connectivity index (χ2n) is 8.12. The predicted octanol–water partition coefficient (Wildman–Crippen LogP) is 4.52. The Labute approximate surface area is 215 Å². The van der Waals surface area contributed by atoms with Gasteiger partial charge < -0.3 is 15.2 Å². The second-order valence-corrected chi connectivity index (χ2v) is 8.12. The number of hydrogen-bond acceptors (Lipinski definition) is 3. The van der Waals surface area contributed by atoms with Crippen molar-refractivity contribution in [3.63, 3.8) is 0 Å². The summed E-state index contributed by atoms with van der Waals surface area (Å²) in [4.78, 5) is 11.7. The van der Waals surface area contributed by atoms with Crippen LogP contribution in [0.1, 0.15) is 37.2 Å². The summed E-state index contributed by atoms with van der Waals surface area (Å²) in [5.41, 5.74) is 2.60. The van der Waals surface area contributed by atoms with Crippen molar-refractivity contribution in [2.45, 2.75) is 45.9 Å². The average molecular weight is 561 g/mol. The molecule has 33 heavy (non-hydrogen) atoms. The van der Waals surface area contributed by atoms with Crippen LogP contribution in [0.25, 0.3) is 0 Å². The maximum Gasteiger partial charge on any atom is 0.191 e. The molecule has 0 saturated heterocycles. The van der Waals surface area contributed by atoms with Crippen LogP contribution >= 0.6 is 24.0 Å². The van der Waals surface area contributed by atoms with Gasteiger partial charge in [0.25, 0.3) is 0 Å². The summed E-state index contributed by atoms with van der Waals surface area (Å²) >= 11 is 0. The van der Waals surface area contributed by atoms with Crippen LogP contribution in [0, 0.1) is 0 Å². The zero-order valence-corrected chi connectivity index (χ0v) is 22.3. The summed E-state index contributed by atoms with van der Waals surface area (Å²) in [6.07, 6.45) is 4.90. The lowest BCUT2D eigenvalue weighted by Gasteiger charge is -2.25. The largest absolute Gasteiger partial charge is 0.357 e. The van der Waals surface area contributed by atoms with Gasteiger partial charge >= 0.3 is 0 Å². The maximum absolute atomic E-state index is 4.77. The van der Waals surface area contributed by atoms with Crippen molar-refractivity contribution in [1.29, 1.82) is 0 Å². The van der Waals surface area contributed by atoms with Gasteiger partial charge in [0.1, 0.15) is 12.4 Å². The van der Waals surface area contributed by atoms with Crippen LogP contribution in [0.15, 0.2) is 78.0 Å². The van der Waals surface area contributed by atoms with Gasteiger partial charge in [-0.1, -0.05) is 60.7 Å². The molecule has 7 heteroatoms. The molecule has 2 N–H and O–H groups in total. The Hall–Kier alpha value is -2.39. The highest BCUT2D eigenvalue weighted by atomic mass is 127. The lowest BCUT2D eigenvalue weighted by molar-refractivity contribution is 0.238. The van der Waals surface area contributed by atoms with E-state index in [1.54, 1.807) is 0 Å². The van der Waals surface area contributed by atoms with E-state index in [4.69, 9.17) is 4.99 Å². The third kappa shape index (κ3) is 9.17. The van der Waals surface area contributed by atoms with Gasteiger partial charge in [-0.2, -0.15) is 0 Å². The Bertz CT molecular complexity index is 942. The first kappa shape index (κ1) is 26.9. The molecule has 0 bridgehead atoms. The number of rotatable bonds is 11. The van der Waals surface area contributed by atoms with Crippen molar-refractivity contribution in [3.8, 4) is 0 Å². The fraction of sp³-hybridized carbons (Fsp3) is 0.385. The molecule has 0 amide bonds. The lowest BCUT2D eigenvalue weighted by atomic mass is 10.1. The highest BCUT2D eigenvalue weighted by molar-refractivity contribution is 14.0. The first-order valence-corrected chi connectivity index (χ1v) is 11.5. The third-order valence-corrected chi connectivity index (χ3v) is 5.60. The first-order chi connectivity index (χ1) is 15.7. The van der Waals surface area contributed by atoms with Crippen LogP contribution in [-0.4, -0.2) is 46.6 Å². The fourth-order valence-electron chi connectivity index (χ4n) is 3.55. The lowest BCUT2D eigenvalue weighted by Crippen LogP contribution is -2.40. The summed E-state index contributed by atoms with van der Waals surface area (Å²) in [5.74, 6) is 1.79. The van der Waals surface area contributed by atoms with E-state index in [-0.39, 0.29) is 24.0 Å². The van der Waals surface area contributed by atoms with E-state index in [2.05, 4.69) is 101 Å². The number of nitrogens with zero attached hydrogens (tertiary/aromatic N) is 4. The van der Waals surface area contributed by atoms with Crippen molar-refractivity contribution in [1.82, 2.24) is 25.1 Å². The van der Waals surface area contributed by atoms with E-state index >= 15 is 0 Å². The Morgan fingerprint density at radius 2 is 1.70 bits per heavy atom. The summed E-state index contributed by atoms with van der Waals surface area (Å²) in [6, 6.07) is 21.5. The molecule has 6 nitrogen and oxygen atoms in total. The normalized spacial score (nSPS) is 12.3. The number of imidazole rings is 1. The minimum atomic E-state index is 0. The Balaban J connectivity index is 0.00000385. The first-order valence-electron chi connectivity index (χ1n) is 11.5. The van der Waals surface area contributed by atoms with Crippen molar-refractivity contribution < 1.29 is 0 Å². The molecule has 1 atom stereocenters. The van der Waals surface area contributed by atoms with Crippen LogP contribution in [0.4, 0.5) is 0 Å². The molecule has 0 saturated carbocycles. The number of hydrogen-bond donors (Lipinski definition) is 2. The van der Waals surface area contributed by atoms with Crippen molar-refractivity contribution in [2.75, 3.05) is 20.1 Å². The van der Waals surface area contributed by atoms with Crippen molar-refractivity contribution in [2.24, 2.45) is 4.99 Å². The van der Waals surface area contributed by atoms with E-state index in [1.807, 2.05) is 18.5 Å². The summed E-state index contributed by atoms with van der Waals surface area (Å²) < 4.78 is 2.16. The van der Waals surface area contributed by atoms with E-state index < -0.39 is 0 Å². The number of guanidine groups is 1. The topological polar surface area (TPSA) is 57.5 Å². The van der Waals surface area contributed by atoms with Crippen molar-refractivity contribution >= 4 is 29.9 Å². The van der Waals surface area contributed by atoms with Crippen LogP contribution in [-0.2, 0) is 19.6 Å². The number of halogens is 1. The van der Waals surface area contributed by atoms with E-state index in [0.29, 0.717) is 12.6 Å². The zero-order valence-electron chi connectivity index (χ0n) is 19.9. The predicted molar refractivity (Wildman–Crippen MR) is 148 cm³/mol. The molecule has 0 fully saturated rings. The molecule has 3 rings (SSSR count). The Morgan fingerprint density at radius 1 is 1.03 bits per heavy atom. The van der Waals surface area contributed by atoms with Crippen molar-refractivity contribution in [3.05, 3.63) is 90.0 Å². The minimum Gasteiger partial charge on any atom is -0.357 e. The highest BCUT2D eigenvalue weighted by Crippen LogP contribution is 2.08. The molecule has 0 aliphatic heterocycles. The molecule has 178 valence electrons. The highest BCUT2D eigenvalue weighted by Gasteiger charge is 2.10. The van der Waals surface area contributed by atoms with E-state index in [0.717, 1.165) is 44.4 Å². The molecule has 0 aliphatic carbocycles. The zero-order chi connectivity index (χ0) is 22.6. The van der Waals surface area contributed by atoms with Gasteiger partial charge in [0, 0.05) is 44.6 Å².